The molecule has 1 aliphatic carbocycles. The largest absolute Gasteiger partial charge is 0.508 e. The highest BCUT2D eigenvalue weighted by Gasteiger charge is 2.32. The maximum absolute atomic E-state index is 12.1. The van der Waals surface area contributed by atoms with Crippen LogP contribution in [0.2, 0.25) is 0 Å². The highest BCUT2D eigenvalue weighted by atomic mass is 16.3. The lowest BCUT2D eigenvalue weighted by Gasteiger charge is -2.36. The summed E-state index contributed by atoms with van der Waals surface area (Å²) in [6.45, 7) is 0. The molecule has 1 aromatic rings. The van der Waals surface area contributed by atoms with Crippen LogP contribution in [0.25, 0.3) is 0 Å². The SMILES string of the molecule is CNC1(CC(=O)Nc2cccc(O)c2)CCCCC1. The monoisotopic (exact) mass is 262 g/mol. The summed E-state index contributed by atoms with van der Waals surface area (Å²) in [4.78, 5) is 12.1. The number of carbonyl (C=O) groups is 1. The van der Waals surface area contributed by atoms with E-state index in [1.165, 1.54) is 19.3 Å². The summed E-state index contributed by atoms with van der Waals surface area (Å²) >= 11 is 0. The summed E-state index contributed by atoms with van der Waals surface area (Å²) in [6, 6.07) is 6.65. The summed E-state index contributed by atoms with van der Waals surface area (Å²) in [6.07, 6.45) is 6.21. The third-order valence-corrected chi connectivity index (χ3v) is 3.97. The Bertz CT molecular complexity index is 440. The number of phenolic OH excluding ortho intramolecular Hbond substituents is 1. The van der Waals surface area contributed by atoms with Gasteiger partial charge in [0.2, 0.25) is 5.91 Å². The molecule has 0 aliphatic heterocycles. The fraction of sp³-hybridized carbons (Fsp3) is 0.533. The van der Waals surface area contributed by atoms with Gasteiger partial charge in [-0.25, -0.2) is 0 Å². The first kappa shape index (κ1) is 13.9. The zero-order chi connectivity index (χ0) is 13.7. The molecule has 0 spiro atoms. The van der Waals surface area contributed by atoms with Crippen LogP contribution in [-0.2, 0) is 4.79 Å². The fourth-order valence-corrected chi connectivity index (χ4v) is 2.84. The van der Waals surface area contributed by atoms with Gasteiger partial charge in [0.1, 0.15) is 5.75 Å². The Morgan fingerprint density at radius 3 is 2.68 bits per heavy atom. The van der Waals surface area contributed by atoms with Crippen LogP contribution in [0.1, 0.15) is 38.5 Å². The molecule has 2 rings (SSSR count). The Kier molecular flexibility index (Phi) is 4.43. The van der Waals surface area contributed by atoms with Crippen molar-refractivity contribution in [2.75, 3.05) is 12.4 Å². The number of hydrogen-bond donors (Lipinski definition) is 3. The van der Waals surface area contributed by atoms with Crippen LogP contribution >= 0.6 is 0 Å². The second-order valence-electron chi connectivity index (χ2n) is 5.37. The van der Waals surface area contributed by atoms with Gasteiger partial charge in [-0.05, 0) is 32.0 Å². The number of anilines is 1. The van der Waals surface area contributed by atoms with Crippen molar-refractivity contribution >= 4 is 11.6 Å². The third kappa shape index (κ3) is 3.70. The van der Waals surface area contributed by atoms with Crippen molar-refractivity contribution in [1.29, 1.82) is 0 Å². The highest BCUT2D eigenvalue weighted by molar-refractivity contribution is 5.91. The normalized spacial score (nSPS) is 17.9. The number of benzene rings is 1. The number of aromatic hydroxyl groups is 1. The molecule has 0 radical (unpaired) electrons. The minimum atomic E-state index is -0.0564. The summed E-state index contributed by atoms with van der Waals surface area (Å²) in [5.74, 6) is 0.167. The van der Waals surface area contributed by atoms with Crippen LogP contribution in [0.15, 0.2) is 24.3 Å². The van der Waals surface area contributed by atoms with Gasteiger partial charge in [-0.2, -0.15) is 0 Å². The minimum Gasteiger partial charge on any atom is -0.508 e. The number of phenols is 1. The summed E-state index contributed by atoms with van der Waals surface area (Å²) in [5.41, 5.74) is 0.589. The molecule has 1 fully saturated rings. The molecule has 1 amide bonds. The number of rotatable bonds is 4. The summed E-state index contributed by atoms with van der Waals surface area (Å²) in [5, 5.41) is 15.6. The number of amides is 1. The van der Waals surface area contributed by atoms with Gasteiger partial charge in [0.15, 0.2) is 0 Å². The van der Waals surface area contributed by atoms with E-state index >= 15 is 0 Å². The van der Waals surface area contributed by atoms with E-state index in [4.69, 9.17) is 0 Å². The van der Waals surface area contributed by atoms with E-state index in [0.29, 0.717) is 12.1 Å². The predicted octanol–water partition coefficient (Wildman–Crippen LogP) is 2.64. The molecule has 1 aromatic carbocycles. The third-order valence-electron chi connectivity index (χ3n) is 3.97. The standard InChI is InChI=1S/C15H22N2O2/c1-16-15(8-3-2-4-9-15)11-14(19)17-12-6-5-7-13(18)10-12/h5-7,10,16,18H,2-4,8-9,11H2,1H3,(H,17,19). The first-order chi connectivity index (χ1) is 9.13. The fourth-order valence-electron chi connectivity index (χ4n) is 2.84. The van der Waals surface area contributed by atoms with Crippen LogP contribution in [0.5, 0.6) is 5.75 Å². The molecule has 19 heavy (non-hydrogen) atoms. The first-order valence-corrected chi connectivity index (χ1v) is 6.91. The molecule has 0 saturated heterocycles. The maximum atomic E-state index is 12.1. The Balaban J connectivity index is 1.96. The van der Waals surface area contributed by atoms with Crippen molar-refractivity contribution in [3.63, 3.8) is 0 Å². The predicted molar refractivity (Wildman–Crippen MR) is 76.2 cm³/mol. The van der Waals surface area contributed by atoms with Crippen LogP contribution in [0, 0.1) is 0 Å². The Morgan fingerprint density at radius 2 is 2.05 bits per heavy atom. The van der Waals surface area contributed by atoms with Gasteiger partial charge in [0.05, 0.1) is 0 Å². The maximum Gasteiger partial charge on any atom is 0.226 e. The van der Waals surface area contributed by atoms with Crippen LogP contribution in [0.4, 0.5) is 5.69 Å². The minimum absolute atomic E-state index is 0.00171. The number of carbonyl (C=O) groups excluding carboxylic acids is 1. The molecule has 0 atom stereocenters. The average molecular weight is 262 g/mol. The van der Waals surface area contributed by atoms with Crippen molar-refractivity contribution in [2.45, 2.75) is 44.1 Å². The van der Waals surface area contributed by atoms with Crippen molar-refractivity contribution in [1.82, 2.24) is 5.32 Å². The quantitative estimate of drug-likeness (QED) is 0.781. The molecule has 1 aliphatic rings. The molecule has 0 unspecified atom stereocenters. The van der Waals surface area contributed by atoms with Crippen molar-refractivity contribution < 1.29 is 9.90 Å². The molecule has 104 valence electrons. The molecule has 0 bridgehead atoms. The lowest BCUT2D eigenvalue weighted by atomic mass is 9.79. The smallest absolute Gasteiger partial charge is 0.226 e. The average Bonchev–Trinajstić information content (AvgIpc) is 2.39. The van der Waals surface area contributed by atoms with Gasteiger partial charge in [-0.15, -0.1) is 0 Å². The molecule has 0 aromatic heterocycles. The van der Waals surface area contributed by atoms with E-state index in [2.05, 4.69) is 10.6 Å². The summed E-state index contributed by atoms with van der Waals surface area (Å²) in [7, 11) is 1.94. The lowest BCUT2D eigenvalue weighted by Crippen LogP contribution is -2.47. The van der Waals surface area contributed by atoms with E-state index < -0.39 is 0 Å². The van der Waals surface area contributed by atoms with Gasteiger partial charge < -0.3 is 15.7 Å². The molecule has 4 nitrogen and oxygen atoms in total. The molecular weight excluding hydrogens is 240 g/mol. The first-order valence-electron chi connectivity index (χ1n) is 6.91. The van der Waals surface area contributed by atoms with Gasteiger partial charge in [0, 0.05) is 23.7 Å². The second kappa shape index (κ2) is 6.06. The van der Waals surface area contributed by atoms with Crippen LogP contribution in [0.3, 0.4) is 0 Å². The number of nitrogens with one attached hydrogen (secondary N) is 2. The Morgan fingerprint density at radius 1 is 1.32 bits per heavy atom. The second-order valence-corrected chi connectivity index (χ2v) is 5.37. The van der Waals surface area contributed by atoms with Crippen LogP contribution in [-0.4, -0.2) is 23.6 Å². The Labute approximate surface area is 114 Å². The molecule has 0 heterocycles. The summed E-state index contributed by atoms with van der Waals surface area (Å²) < 4.78 is 0. The highest BCUT2D eigenvalue weighted by Crippen LogP contribution is 2.31. The van der Waals surface area contributed by atoms with E-state index in [0.717, 1.165) is 12.8 Å². The zero-order valence-corrected chi connectivity index (χ0v) is 11.4. The van der Waals surface area contributed by atoms with E-state index in [1.54, 1.807) is 24.3 Å². The Hall–Kier alpha value is -1.55. The van der Waals surface area contributed by atoms with Crippen molar-refractivity contribution in [3.8, 4) is 5.75 Å². The molecule has 4 heteroatoms. The molecule has 1 saturated carbocycles. The van der Waals surface area contributed by atoms with Gasteiger partial charge >= 0.3 is 0 Å². The van der Waals surface area contributed by atoms with E-state index in [9.17, 15) is 9.90 Å². The van der Waals surface area contributed by atoms with Gasteiger partial charge in [0.25, 0.3) is 0 Å². The molecule has 3 N–H and O–H groups in total. The van der Waals surface area contributed by atoms with Crippen molar-refractivity contribution in [2.24, 2.45) is 0 Å². The lowest BCUT2D eigenvalue weighted by molar-refractivity contribution is -0.117. The molecular formula is C15H22N2O2. The zero-order valence-electron chi connectivity index (χ0n) is 11.4. The van der Waals surface area contributed by atoms with Crippen LogP contribution < -0.4 is 10.6 Å². The van der Waals surface area contributed by atoms with E-state index in [1.807, 2.05) is 7.05 Å². The van der Waals surface area contributed by atoms with Crippen molar-refractivity contribution in [3.05, 3.63) is 24.3 Å². The van der Waals surface area contributed by atoms with Gasteiger partial charge in [-0.3, -0.25) is 4.79 Å². The topological polar surface area (TPSA) is 61.4 Å². The van der Waals surface area contributed by atoms with Gasteiger partial charge in [-0.1, -0.05) is 25.3 Å². The number of hydrogen-bond acceptors (Lipinski definition) is 3. The van der Waals surface area contributed by atoms with E-state index in [-0.39, 0.29) is 17.2 Å².